The van der Waals surface area contributed by atoms with Crippen LogP contribution in [0.1, 0.15) is 16.1 Å². The molecule has 10 heteroatoms. The number of amides is 1. The van der Waals surface area contributed by atoms with Crippen LogP contribution in [-0.4, -0.2) is 45.7 Å². The van der Waals surface area contributed by atoms with Crippen molar-refractivity contribution < 1.29 is 9.53 Å². The third-order valence-corrected chi connectivity index (χ3v) is 5.10. The molecule has 3 N–H and O–H groups in total. The molecule has 1 amide bonds. The number of nitrogen functional groups attached to an aromatic ring is 1. The zero-order valence-corrected chi connectivity index (χ0v) is 17.9. The number of nitrogens with one attached hydrogen (secondary N) is 1. The number of nitrogens with zero attached hydrogens (tertiary/aromatic N) is 4. The highest BCUT2D eigenvalue weighted by atomic mass is 16.5. The number of ether oxygens (including phenoxy) is 1. The van der Waals surface area contributed by atoms with Crippen LogP contribution >= 0.6 is 0 Å². The van der Waals surface area contributed by atoms with Gasteiger partial charge in [0, 0.05) is 13.7 Å². The number of rotatable bonds is 7. The summed E-state index contributed by atoms with van der Waals surface area (Å²) in [4.78, 5) is 50.8. The fourth-order valence-corrected chi connectivity index (χ4v) is 3.46. The Balaban J connectivity index is 1.80. The predicted molar refractivity (Wildman–Crippen MR) is 124 cm³/mol. The summed E-state index contributed by atoms with van der Waals surface area (Å²) in [5, 5.41) is 0. The third kappa shape index (κ3) is 4.51. The number of anilines is 2. The van der Waals surface area contributed by atoms with E-state index in [1.54, 1.807) is 18.2 Å². The average molecular weight is 446 g/mol. The van der Waals surface area contributed by atoms with E-state index in [0.29, 0.717) is 11.0 Å². The van der Waals surface area contributed by atoms with Crippen molar-refractivity contribution in [3.05, 3.63) is 92.9 Å². The molecule has 168 valence electrons. The molecule has 10 nitrogen and oxygen atoms in total. The molecule has 33 heavy (non-hydrogen) atoms. The first-order valence-corrected chi connectivity index (χ1v) is 10.2. The molecule has 0 saturated carbocycles. The summed E-state index contributed by atoms with van der Waals surface area (Å²) < 4.78 is 6.34. The van der Waals surface area contributed by atoms with Crippen molar-refractivity contribution in [2.75, 3.05) is 30.9 Å². The fourth-order valence-electron chi connectivity index (χ4n) is 3.46. The van der Waals surface area contributed by atoms with Crippen molar-refractivity contribution in [1.29, 1.82) is 0 Å². The summed E-state index contributed by atoms with van der Waals surface area (Å²) in [7, 11) is 1.47. The molecule has 4 aromatic rings. The van der Waals surface area contributed by atoms with Crippen molar-refractivity contribution in [3.63, 3.8) is 0 Å². The predicted octanol–water partition coefficient (Wildman–Crippen LogP) is 1.40. The Kier molecular flexibility index (Phi) is 6.27. The zero-order chi connectivity index (χ0) is 23.4. The van der Waals surface area contributed by atoms with E-state index >= 15 is 0 Å². The van der Waals surface area contributed by atoms with Gasteiger partial charge in [0.1, 0.15) is 11.5 Å². The highest BCUT2D eigenvalue weighted by Gasteiger charge is 2.26. The molecule has 0 saturated heterocycles. The van der Waals surface area contributed by atoms with E-state index in [-0.39, 0.29) is 36.9 Å². The lowest BCUT2D eigenvalue weighted by Crippen LogP contribution is -2.43. The quantitative estimate of drug-likeness (QED) is 0.438. The normalized spacial score (nSPS) is 10.9. The third-order valence-electron chi connectivity index (χ3n) is 5.10. The van der Waals surface area contributed by atoms with Gasteiger partial charge in [-0.2, -0.15) is 0 Å². The molecule has 2 aromatic heterocycles. The summed E-state index contributed by atoms with van der Waals surface area (Å²) in [6.45, 7) is 0.265. The largest absolute Gasteiger partial charge is 0.383 e. The number of nitrogens with two attached hydrogens (primary N) is 1. The zero-order valence-electron chi connectivity index (χ0n) is 17.9. The Morgan fingerprint density at radius 3 is 2.52 bits per heavy atom. The molecule has 0 aliphatic rings. The minimum absolute atomic E-state index is 0.0145. The monoisotopic (exact) mass is 446 g/mol. The number of methoxy groups -OCH3 is 1. The molecule has 0 aliphatic heterocycles. The molecule has 0 spiro atoms. The lowest BCUT2D eigenvalue weighted by Gasteiger charge is -2.24. The highest BCUT2D eigenvalue weighted by molar-refractivity contribution is 6.06. The molecule has 0 fully saturated rings. The van der Waals surface area contributed by atoms with E-state index < -0.39 is 17.2 Å². The van der Waals surface area contributed by atoms with Gasteiger partial charge in [-0.3, -0.25) is 29.0 Å². The van der Waals surface area contributed by atoms with Crippen LogP contribution in [0.15, 0.2) is 70.4 Å². The Bertz CT molecular complexity index is 1410. The standard InChI is InChI=1S/C23H22N6O4/c1-33-12-11-28(22(31)18-13-25-16-9-5-6-10-17(16)26-18)19-20(24)29(23(32)27-21(19)30)14-15-7-3-2-4-8-15/h2-10,13H,11-12,14,24H2,1H3,(H,27,30,32). The second-order valence-electron chi connectivity index (χ2n) is 7.26. The van der Waals surface area contributed by atoms with E-state index in [1.807, 2.05) is 36.4 Å². The first-order valence-electron chi connectivity index (χ1n) is 10.2. The average Bonchev–Trinajstić information content (AvgIpc) is 2.83. The van der Waals surface area contributed by atoms with Gasteiger partial charge in [0.2, 0.25) is 0 Å². The van der Waals surface area contributed by atoms with Crippen LogP contribution in [0, 0.1) is 0 Å². The Hall–Kier alpha value is -4.31. The fraction of sp³-hybridized carbons (Fsp3) is 0.174. The molecular formula is C23H22N6O4. The van der Waals surface area contributed by atoms with E-state index in [2.05, 4.69) is 15.0 Å². The number of carbonyl (C=O) groups excluding carboxylic acids is 1. The van der Waals surface area contributed by atoms with Crippen LogP contribution < -0.4 is 21.9 Å². The number of benzene rings is 2. The number of H-pyrrole nitrogens is 1. The Morgan fingerprint density at radius 2 is 1.79 bits per heavy atom. The topological polar surface area (TPSA) is 136 Å². The molecule has 0 atom stereocenters. The van der Waals surface area contributed by atoms with E-state index in [0.717, 1.165) is 10.5 Å². The maximum absolute atomic E-state index is 13.4. The van der Waals surface area contributed by atoms with Gasteiger partial charge in [-0.05, 0) is 17.7 Å². The molecule has 0 bridgehead atoms. The maximum Gasteiger partial charge on any atom is 0.330 e. The molecule has 2 aromatic carbocycles. The lowest BCUT2D eigenvalue weighted by atomic mass is 10.2. The van der Waals surface area contributed by atoms with Crippen molar-refractivity contribution in [2.24, 2.45) is 0 Å². The number of fused-ring (bicyclic) bond motifs is 1. The van der Waals surface area contributed by atoms with Gasteiger partial charge in [-0.1, -0.05) is 42.5 Å². The van der Waals surface area contributed by atoms with E-state index in [9.17, 15) is 14.4 Å². The SMILES string of the molecule is COCCN(C(=O)c1cnc2ccccc2n1)c1c(N)n(Cc2ccccc2)c(=O)[nH]c1=O. The van der Waals surface area contributed by atoms with Crippen LogP contribution in [0.2, 0.25) is 0 Å². The van der Waals surface area contributed by atoms with E-state index in [1.165, 1.54) is 17.9 Å². The Morgan fingerprint density at radius 1 is 1.09 bits per heavy atom. The maximum atomic E-state index is 13.4. The van der Waals surface area contributed by atoms with Gasteiger partial charge in [0.25, 0.3) is 11.5 Å². The number of hydrogen-bond donors (Lipinski definition) is 2. The van der Waals surface area contributed by atoms with Crippen molar-refractivity contribution in [2.45, 2.75) is 6.54 Å². The van der Waals surface area contributed by atoms with Crippen LogP contribution in [0.3, 0.4) is 0 Å². The van der Waals surface area contributed by atoms with Gasteiger partial charge in [0.05, 0.1) is 30.4 Å². The number of aromatic amines is 1. The first-order chi connectivity index (χ1) is 16.0. The summed E-state index contributed by atoms with van der Waals surface area (Å²) in [6.07, 6.45) is 1.34. The summed E-state index contributed by atoms with van der Waals surface area (Å²) in [5.74, 6) is -0.724. The first kappa shape index (κ1) is 21.9. The molecular weight excluding hydrogens is 424 g/mol. The number of para-hydroxylation sites is 2. The Labute approximate surface area is 188 Å². The smallest absolute Gasteiger partial charge is 0.330 e. The minimum Gasteiger partial charge on any atom is -0.383 e. The molecule has 2 heterocycles. The minimum atomic E-state index is -0.778. The van der Waals surface area contributed by atoms with Gasteiger partial charge in [-0.15, -0.1) is 0 Å². The molecule has 0 radical (unpaired) electrons. The lowest BCUT2D eigenvalue weighted by molar-refractivity contribution is 0.0970. The summed E-state index contributed by atoms with van der Waals surface area (Å²) in [5.41, 5.74) is 6.69. The van der Waals surface area contributed by atoms with Crippen molar-refractivity contribution >= 4 is 28.4 Å². The van der Waals surface area contributed by atoms with Gasteiger partial charge in [-0.25, -0.2) is 9.78 Å². The number of aromatic nitrogens is 4. The van der Waals surface area contributed by atoms with E-state index in [4.69, 9.17) is 10.5 Å². The molecule has 0 unspecified atom stereocenters. The van der Waals surface area contributed by atoms with Crippen molar-refractivity contribution in [3.8, 4) is 0 Å². The number of hydrogen-bond acceptors (Lipinski definition) is 7. The molecule has 4 rings (SSSR count). The van der Waals surface area contributed by atoms with Gasteiger partial charge in [0.15, 0.2) is 5.69 Å². The van der Waals surface area contributed by atoms with Crippen LogP contribution in [0.25, 0.3) is 11.0 Å². The van der Waals surface area contributed by atoms with Crippen molar-refractivity contribution in [1.82, 2.24) is 19.5 Å². The van der Waals surface area contributed by atoms with Crippen LogP contribution in [0.4, 0.5) is 11.5 Å². The van der Waals surface area contributed by atoms with Gasteiger partial charge >= 0.3 is 5.69 Å². The second kappa shape index (κ2) is 9.45. The highest BCUT2D eigenvalue weighted by Crippen LogP contribution is 2.20. The second-order valence-corrected chi connectivity index (χ2v) is 7.26. The van der Waals surface area contributed by atoms with Crippen LogP contribution in [-0.2, 0) is 11.3 Å². The summed E-state index contributed by atoms with van der Waals surface area (Å²) in [6, 6.07) is 16.3. The molecule has 0 aliphatic carbocycles. The van der Waals surface area contributed by atoms with Gasteiger partial charge < -0.3 is 10.5 Å². The number of carbonyl (C=O) groups is 1. The van der Waals surface area contributed by atoms with Crippen LogP contribution in [0.5, 0.6) is 0 Å². The summed E-state index contributed by atoms with van der Waals surface area (Å²) >= 11 is 0.